The highest BCUT2D eigenvalue weighted by molar-refractivity contribution is 7.80. The highest BCUT2D eigenvalue weighted by Gasteiger charge is 2.40. The Kier molecular flexibility index (Phi) is 3.02. The van der Waals surface area contributed by atoms with Crippen LogP contribution < -0.4 is 0 Å². The van der Waals surface area contributed by atoms with Crippen LogP contribution in [0.15, 0.2) is 0 Å². The Hall–Kier alpha value is -0.0875. The smallest absolute Gasteiger partial charge is 0.385 e. The van der Waals surface area contributed by atoms with Gasteiger partial charge >= 0.3 is 22.6 Å². The van der Waals surface area contributed by atoms with Crippen molar-refractivity contribution < 1.29 is 18.3 Å². The molecule has 1 heterocycles. The second kappa shape index (κ2) is 3.58. The summed E-state index contributed by atoms with van der Waals surface area (Å²) in [5, 5.41) is 0. The minimum absolute atomic E-state index is 0.381. The van der Waals surface area contributed by atoms with Crippen LogP contribution in [0.2, 0.25) is 0 Å². The van der Waals surface area contributed by atoms with Crippen molar-refractivity contribution in [3.63, 3.8) is 0 Å². The van der Waals surface area contributed by atoms with Gasteiger partial charge in [-0.1, -0.05) is 0 Å². The second-order valence-corrected chi connectivity index (χ2v) is 6.19. The van der Waals surface area contributed by atoms with Crippen LogP contribution in [0.4, 0.5) is 4.79 Å². The molecule has 0 aromatic carbocycles. The van der Waals surface area contributed by atoms with Crippen LogP contribution in [-0.4, -0.2) is 52.6 Å². The minimum atomic E-state index is -2.23. The van der Waals surface area contributed by atoms with Crippen molar-refractivity contribution in [1.82, 2.24) is 3.88 Å². The van der Waals surface area contributed by atoms with E-state index in [1.165, 1.54) is 3.88 Å². The summed E-state index contributed by atoms with van der Waals surface area (Å²) in [6.45, 7) is 3.48. The number of carbonyl (C=O) groups excluding carboxylic acids is 1. The number of nitrogens with zero attached hydrogens (tertiary/aromatic N) is 1. The summed E-state index contributed by atoms with van der Waals surface area (Å²) in [4.78, 5) is 11.0. The van der Waals surface area contributed by atoms with Crippen LogP contribution >= 0.6 is 0 Å². The van der Waals surface area contributed by atoms with Gasteiger partial charge in [-0.25, -0.2) is 4.79 Å². The molecule has 1 saturated heterocycles. The summed E-state index contributed by atoms with van der Waals surface area (Å²) in [5.41, 5.74) is 0. The van der Waals surface area contributed by atoms with Crippen LogP contribution in [0.3, 0.4) is 0 Å². The molecule has 1 rings (SSSR count). The summed E-state index contributed by atoms with van der Waals surface area (Å²) in [6, 6.07) is 0. The van der Waals surface area contributed by atoms with Gasteiger partial charge in [0.2, 0.25) is 0 Å². The summed E-state index contributed by atoms with van der Waals surface area (Å²) in [6.07, 6.45) is -0.953. The fraction of sp³-hybridized carbons (Fsp3) is 0.833. The number of carbonyl (C=O) groups is 1. The van der Waals surface area contributed by atoms with Crippen molar-refractivity contribution in [3.8, 4) is 0 Å². The number of rotatable bonds is 2. The lowest BCUT2D eigenvalue weighted by Gasteiger charge is -2.31. The average molecular weight is 220 g/mol. The van der Waals surface area contributed by atoms with Crippen molar-refractivity contribution in [1.29, 1.82) is 0 Å². The van der Waals surface area contributed by atoms with Gasteiger partial charge in [0.1, 0.15) is 6.10 Å². The largest absolute Gasteiger partial charge is 0.772 e. The molecular weight excluding hydrogens is 209 g/mol. The Labute approximate surface area is 87.4 Å². The Morgan fingerprint density at radius 2 is 2.31 bits per heavy atom. The van der Waals surface area contributed by atoms with Gasteiger partial charge in [0, 0.05) is 6.54 Å². The van der Waals surface area contributed by atoms with E-state index in [0.29, 0.717) is 23.1 Å². The average Bonchev–Trinajstić information content (AvgIpc) is 2.32. The normalized spacial score (nSPS) is 25.9. The third-order valence-corrected chi connectivity index (χ3v) is 4.05. The van der Waals surface area contributed by atoms with Gasteiger partial charge in [-0.15, -0.1) is 0 Å². The lowest BCUT2D eigenvalue weighted by atomic mass is 10.1. The minimum Gasteiger partial charge on any atom is -0.772 e. The summed E-state index contributed by atoms with van der Waals surface area (Å²) >= 11 is -1.67. The van der Waals surface area contributed by atoms with Gasteiger partial charge in [-0.2, -0.15) is 0 Å². The van der Waals surface area contributed by atoms with Gasteiger partial charge in [0.05, 0.1) is 4.75 Å². The van der Waals surface area contributed by atoms with Crippen LogP contribution in [0.1, 0.15) is 13.8 Å². The first-order valence-corrected chi connectivity index (χ1v) is 5.83. The molecule has 1 amide bonds. The van der Waals surface area contributed by atoms with Crippen LogP contribution in [0.5, 0.6) is 0 Å². The molecule has 0 radical (unpaired) electrons. The third-order valence-electron chi connectivity index (χ3n) is 2.20. The summed E-state index contributed by atoms with van der Waals surface area (Å²) in [7, 11) is 0. The van der Waals surface area contributed by atoms with Crippen LogP contribution in [0, 0.1) is 0 Å². The zero-order valence-electron chi connectivity index (χ0n) is 7.77. The molecular formula is C6H11AlNO4S-. The van der Waals surface area contributed by atoms with E-state index in [2.05, 4.69) is 0 Å². The summed E-state index contributed by atoms with van der Waals surface area (Å²) < 4.78 is 27.1. The first-order chi connectivity index (χ1) is 5.85. The van der Waals surface area contributed by atoms with E-state index >= 15 is 0 Å². The van der Waals surface area contributed by atoms with Gasteiger partial charge in [0.25, 0.3) is 0 Å². The molecule has 0 aliphatic carbocycles. The van der Waals surface area contributed by atoms with Crippen LogP contribution in [0.25, 0.3) is 0 Å². The predicted octanol–water partition coefficient (Wildman–Crippen LogP) is -0.987. The molecule has 74 valence electrons. The van der Waals surface area contributed by atoms with E-state index in [-0.39, 0.29) is 0 Å². The number of hydrogen-bond donors (Lipinski definition) is 0. The van der Waals surface area contributed by atoms with E-state index in [1.54, 1.807) is 13.8 Å². The standard InChI is InChI=1S/C6H11NO4S.Al.2H/c1-6(2,12(9)10)4-3-7-5(8)11-4;;;/h4H,3H2,1-2H3,(H2,7,8,9,10);;;/q;+1;;/p-2. The molecule has 5 nitrogen and oxygen atoms in total. The lowest BCUT2D eigenvalue weighted by molar-refractivity contribution is 0.120. The number of ether oxygens (including phenoxy) is 1. The second-order valence-electron chi connectivity index (χ2n) is 3.59. The number of amides is 1. The predicted molar refractivity (Wildman–Crippen MR) is 48.5 cm³/mol. The van der Waals surface area contributed by atoms with Crippen molar-refractivity contribution in [2.24, 2.45) is 0 Å². The highest BCUT2D eigenvalue weighted by Crippen LogP contribution is 2.24. The quantitative estimate of drug-likeness (QED) is 0.442. The molecule has 2 atom stereocenters. The Bertz CT molecular complexity index is 257. The maximum Gasteiger partial charge on any atom is 0.385 e. The molecule has 0 spiro atoms. The van der Waals surface area contributed by atoms with Crippen molar-refractivity contribution in [3.05, 3.63) is 0 Å². The van der Waals surface area contributed by atoms with E-state index in [4.69, 9.17) is 4.74 Å². The fourth-order valence-corrected chi connectivity index (χ4v) is 1.82. The maximum atomic E-state index is 11.0. The fourth-order valence-electron chi connectivity index (χ4n) is 1.04. The van der Waals surface area contributed by atoms with Crippen LogP contribution in [-0.2, 0) is 15.8 Å². The highest BCUT2D eigenvalue weighted by atomic mass is 32.2. The zero-order chi connectivity index (χ0) is 10.2. The molecule has 2 unspecified atom stereocenters. The van der Waals surface area contributed by atoms with E-state index in [0.717, 1.165) is 0 Å². The molecule has 0 aromatic heterocycles. The maximum absolute atomic E-state index is 11.0. The monoisotopic (exact) mass is 220 g/mol. The topological polar surface area (TPSA) is 69.7 Å². The van der Waals surface area contributed by atoms with Gasteiger partial charge in [0.15, 0.2) is 0 Å². The first kappa shape index (κ1) is 11.0. The molecule has 0 aromatic rings. The molecule has 1 aliphatic rings. The van der Waals surface area contributed by atoms with Crippen molar-refractivity contribution in [2.45, 2.75) is 24.7 Å². The Balaban J connectivity index is 2.75. The van der Waals surface area contributed by atoms with E-state index in [9.17, 15) is 13.6 Å². The van der Waals surface area contributed by atoms with Gasteiger partial charge in [-0.05, 0) is 24.9 Å². The molecule has 0 saturated carbocycles. The third kappa shape index (κ3) is 2.05. The lowest BCUT2D eigenvalue weighted by Crippen LogP contribution is -2.42. The summed E-state index contributed by atoms with van der Waals surface area (Å²) in [5.74, 6) is 0. The molecule has 1 fully saturated rings. The van der Waals surface area contributed by atoms with Crippen molar-refractivity contribution in [2.75, 3.05) is 6.54 Å². The van der Waals surface area contributed by atoms with Gasteiger partial charge < -0.3 is 13.2 Å². The number of cyclic esters (lactones) is 1. The zero-order valence-corrected chi connectivity index (χ0v) is 10.6. The van der Waals surface area contributed by atoms with Crippen molar-refractivity contribution >= 4 is 33.7 Å². The van der Waals surface area contributed by atoms with E-state index in [1.807, 2.05) is 0 Å². The molecule has 7 heteroatoms. The van der Waals surface area contributed by atoms with Gasteiger partial charge in [-0.3, -0.25) is 4.21 Å². The Morgan fingerprint density at radius 1 is 1.77 bits per heavy atom. The SMILES string of the molecule is CC(C)(C1C[N]([AlH2])C(=O)O1)S(=O)[O-]. The molecule has 0 bridgehead atoms. The molecule has 0 N–H and O–H groups in total. The number of hydrogen-bond acceptors (Lipinski definition) is 4. The Morgan fingerprint density at radius 3 is 2.62 bits per heavy atom. The molecule has 1 aliphatic heterocycles. The first-order valence-electron chi connectivity index (χ1n) is 3.87. The van der Waals surface area contributed by atoms with E-state index < -0.39 is 28.0 Å². The molecule has 13 heavy (non-hydrogen) atoms.